The Bertz CT molecular complexity index is 336. The van der Waals surface area contributed by atoms with Crippen LogP contribution in [-0.2, 0) is 0 Å². The number of nitrogens with zero attached hydrogens (tertiary/aromatic N) is 1. The van der Waals surface area contributed by atoms with Crippen LogP contribution in [0.1, 0.15) is 12.8 Å². The topological polar surface area (TPSA) is 23.5 Å². The van der Waals surface area contributed by atoms with Gasteiger partial charge < -0.3 is 10.0 Å². The molecule has 1 heterocycles. The fraction of sp³-hybridized carbons (Fsp3) is 0.538. The van der Waals surface area contributed by atoms with Crippen molar-refractivity contribution in [3.8, 4) is 0 Å². The quantitative estimate of drug-likeness (QED) is 0.836. The number of thioether (sulfide) groups is 1. The molecule has 1 fully saturated rings. The molecule has 0 saturated carbocycles. The molecule has 2 nitrogen and oxygen atoms in total. The van der Waals surface area contributed by atoms with E-state index in [1.807, 2.05) is 12.1 Å². The molecule has 0 radical (unpaired) electrons. The van der Waals surface area contributed by atoms with Crippen LogP contribution in [0, 0.1) is 5.82 Å². The van der Waals surface area contributed by atoms with Crippen molar-refractivity contribution in [1.82, 2.24) is 4.90 Å². The van der Waals surface area contributed by atoms with Crippen molar-refractivity contribution >= 4 is 11.8 Å². The van der Waals surface area contributed by atoms with E-state index in [1.54, 1.807) is 11.8 Å². The molecule has 0 atom stereocenters. The van der Waals surface area contributed by atoms with Crippen LogP contribution in [0.25, 0.3) is 0 Å². The van der Waals surface area contributed by atoms with Gasteiger partial charge in [-0.15, -0.1) is 11.8 Å². The molecule has 1 aromatic carbocycles. The molecular formula is C13H18FNOS. The van der Waals surface area contributed by atoms with Gasteiger partial charge in [0.25, 0.3) is 0 Å². The normalized spacial score (nSPS) is 18.5. The molecule has 1 N–H and O–H groups in total. The summed E-state index contributed by atoms with van der Waals surface area (Å²) in [5.74, 6) is 0.834. The maximum absolute atomic E-state index is 12.7. The standard InChI is InChI=1S/C13H18FNOS/c14-11-1-3-13(4-2-11)17-10-9-15-7-5-12(16)6-8-15/h1-4,12,16H,5-10H2. The zero-order valence-corrected chi connectivity index (χ0v) is 10.6. The van der Waals surface area contributed by atoms with Gasteiger partial charge in [-0.3, -0.25) is 0 Å². The van der Waals surface area contributed by atoms with Crippen molar-refractivity contribution in [2.45, 2.75) is 23.8 Å². The summed E-state index contributed by atoms with van der Waals surface area (Å²) in [6.07, 6.45) is 1.68. The highest BCUT2D eigenvalue weighted by Crippen LogP contribution is 2.19. The van der Waals surface area contributed by atoms with Gasteiger partial charge in [0, 0.05) is 30.3 Å². The Kier molecular flexibility index (Phi) is 4.83. The SMILES string of the molecule is OC1CCN(CCSc2ccc(F)cc2)CC1. The van der Waals surface area contributed by atoms with Gasteiger partial charge in [-0.2, -0.15) is 0 Å². The molecule has 0 spiro atoms. The average molecular weight is 255 g/mol. The second-order valence-corrected chi connectivity index (χ2v) is 5.54. The zero-order chi connectivity index (χ0) is 12.1. The number of aliphatic hydroxyl groups excluding tert-OH is 1. The minimum absolute atomic E-state index is 0.101. The van der Waals surface area contributed by atoms with Crippen molar-refractivity contribution in [3.05, 3.63) is 30.1 Å². The van der Waals surface area contributed by atoms with Crippen LogP contribution in [-0.4, -0.2) is 41.5 Å². The van der Waals surface area contributed by atoms with Crippen molar-refractivity contribution in [1.29, 1.82) is 0 Å². The molecule has 0 aromatic heterocycles. The van der Waals surface area contributed by atoms with Crippen LogP contribution in [0.5, 0.6) is 0 Å². The predicted octanol–water partition coefficient (Wildman–Crippen LogP) is 2.37. The molecule has 1 aromatic rings. The number of likely N-dealkylation sites (tertiary alicyclic amines) is 1. The van der Waals surface area contributed by atoms with Crippen LogP contribution < -0.4 is 0 Å². The molecule has 0 aliphatic carbocycles. The number of benzene rings is 1. The van der Waals surface area contributed by atoms with Crippen LogP contribution in [0.2, 0.25) is 0 Å². The number of halogens is 1. The van der Waals surface area contributed by atoms with Gasteiger partial charge in [-0.05, 0) is 37.1 Å². The molecule has 2 rings (SSSR count). The van der Waals surface area contributed by atoms with Crippen LogP contribution in [0.15, 0.2) is 29.2 Å². The van der Waals surface area contributed by atoms with E-state index >= 15 is 0 Å². The smallest absolute Gasteiger partial charge is 0.123 e. The lowest BCUT2D eigenvalue weighted by atomic mass is 10.1. The van der Waals surface area contributed by atoms with Crippen molar-refractivity contribution in [3.63, 3.8) is 0 Å². The van der Waals surface area contributed by atoms with Crippen molar-refractivity contribution in [2.24, 2.45) is 0 Å². The Labute approximate surface area is 106 Å². The van der Waals surface area contributed by atoms with E-state index in [2.05, 4.69) is 4.90 Å². The van der Waals surface area contributed by atoms with E-state index in [0.29, 0.717) is 0 Å². The first-order valence-corrected chi connectivity index (χ1v) is 7.01. The second-order valence-electron chi connectivity index (χ2n) is 4.38. The molecule has 1 aliphatic rings. The Balaban J connectivity index is 1.67. The van der Waals surface area contributed by atoms with Crippen LogP contribution in [0.3, 0.4) is 0 Å². The average Bonchev–Trinajstić information content (AvgIpc) is 2.34. The molecule has 0 amide bonds. The molecule has 4 heteroatoms. The summed E-state index contributed by atoms with van der Waals surface area (Å²) in [7, 11) is 0. The van der Waals surface area contributed by atoms with E-state index in [9.17, 15) is 9.50 Å². The lowest BCUT2D eigenvalue weighted by Gasteiger charge is -2.29. The third kappa shape index (κ3) is 4.30. The first-order chi connectivity index (χ1) is 8.24. The van der Waals surface area contributed by atoms with Crippen LogP contribution >= 0.6 is 11.8 Å². The maximum atomic E-state index is 12.7. The first kappa shape index (κ1) is 12.9. The van der Waals surface area contributed by atoms with Crippen molar-refractivity contribution < 1.29 is 9.50 Å². The largest absolute Gasteiger partial charge is 0.393 e. The minimum atomic E-state index is -0.181. The fourth-order valence-corrected chi connectivity index (χ4v) is 2.88. The summed E-state index contributed by atoms with van der Waals surface area (Å²) in [6, 6.07) is 6.64. The number of piperidine rings is 1. The molecule has 1 aliphatic heterocycles. The van der Waals surface area contributed by atoms with Gasteiger partial charge in [-0.25, -0.2) is 4.39 Å². The Morgan fingerprint density at radius 1 is 1.24 bits per heavy atom. The summed E-state index contributed by atoms with van der Waals surface area (Å²) in [4.78, 5) is 3.49. The summed E-state index contributed by atoms with van der Waals surface area (Å²) in [6.45, 7) is 3.02. The zero-order valence-electron chi connectivity index (χ0n) is 9.81. The first-order valence-electron chi connectivity index (χ1n) is 6.03. The number of hydrogen-bond donors (Lipinski definition) is 1. The summed E-state index contributed by atoms with van der Waals surface area (Å²) in [5, 5.41) is 9.39. The van der Waals surface area contributed by atoms with Gasteiger partial charge in [0.15, 0.2) is 0 Å². The molecule has 0 bridgehead atoms. The predicted molar refractivity (Wildman–Crippen MR) is 68.8 cm³/mol. The highest BCUT2D eigenvalue weighted by molar-refractivity contribution is 7.99. The van der Waals surface area contributed by atoms with Crippen molar-refractivity contribution in [2.75, 3.05) is 25.4 Å². The Hall–Kier alpha value is -0.580. The summed E-state index contributed by atoms with van der Waals surface area (Å²) < 4.78 is 12.7. The highest BCUT2D eigenvalue weighted by Gasteiger charge is 2.16. The Morgan fingerprint density at radius 2 is 1.88 bits per heavy atom. The third-order valence-electron chi connectivity index (χ3n) is 3.05. The monoisotopic (exact) mass is 255 g/mol. The molecule has 1 saturated heterocycles. The van der Waals surface area contributed by atoms with E-state index in [4.69, 9.17) is 0 Å². The lowest BCUT2D eigenvalue weighted by Crippen LogP contribution is -2.37. The number of hydrogen-bond acceptors (Lipinski definition) is 3. The lowest BCUT2D eigenvalue weighted by molar-refractivity contribution is 0.0857. The van der Waals surface area contributed by atoms with Gasteiger partial charge in [0.2, 0.25) is 0 Å². The number of rotatable bonds is 4. The van der Waals surface area contributed by atoms with E-state index in [-0.39, 0.29) is 11.9 Å². The molecule has 94 valence electrons. The van der Waals surface area contributed by atoms with E-state index in [1.165, 1.54) is 12.1 Å². The second kappa shape index (κ2) is 6.38. The third-order valence-corrected chi connectivity index (χ3v) is 4.04. The van der Waals surface area contributed by atoms with Gasteiger partial charge >= 0.3 is 0 Å². The number of aliphatic hydroxyl groups is 1. The van der Waals surface area contributed by atoms with Gasteiger partial charge in [0.05, 0.1) is 6.10 Å². The van der Waals surface area contributed by atoms with Gasteiger partial charge in [-0.1, -0.05) is 0 Å². The highest BCUT2D eigenvalue weighted by atomic mass is 32.2. The molecule has 17 heavy (non-hydrogen) atoms. The van der Waals surface area contributed by atoms with E-state index < -0.39 is 0 Å². The van der Waals surface area contributed by atoms with Gasteiger partial charge in [0.1, 0.15) is 5.82 Å². The maximum Gasteiger partial charge on any atom is 0.123 e. The Morgan fingerprint density at radius 3 is 2.53 bits per heavy atom. The van der Waals surface area contributed by atoms with E-state index in [0.717, 1.165) is 43.1 Å². The molecular weight excluding hydrogens is 237 g/mol. The summed E-state index contributed by atoms with van der Waals surface area (Å²) in [5.41, 5.74) is 0. The fourth-order valence-electron chi connectivity index (χ4n) is 1.97. The minimum Gasteiger partial charge on any atom is -0.393 e. The van der Waals surface area contributed by atoms with Crippen LogP contribution in [0.4, 0.5) is 4.39 Å². The summed E-state index contributed by atoms with van der Waals surface area (Å²) >= 11 is 1.75. The molecule has 0 unspecified atom stereocenters.